The van der Waals surface area contributed by atoms with Crippen molar-refractivity contribution in [3.8, 4) is 0 Å². The van der Waals surface area contributed by atoms with Crippen molar-refractivity contribution in [2.24, 2.45) is 0 Å². The lowest BCUT2D eigenvalue weighted by Gasteiger charge is -2.14. The first kappa shape index (κ1) is 13.1. The van der Waals surface area contributed by atoms with Crippen molar-refractivity contribution >= 4 is 12.1 Å². The molecule has 1 aliphatic heterocycles. The van der Waals surface area contributed by atoms with Gasteiger partial charge in [-0.1, -0.05) is 12.7 Å². The molecule has 0 spiro atoms. The highest BCUT2D eigenvalue weighted by molar-refractivity contribution is 5.90. The summed E-state index contributed by atoms with van der Waals surface area (Å²) in [6.07, 6.45) is 0.802. The number of carboxylic acid groups (broad SMARTS) is 1. The van der Waals surface area contributed by atoms with Gasteiger partial charge in [0.05, 0.1) is 18.7 Å². The van der Waals surface area contributed by atoms with Crippen LogP contribution in [0.1, 0.15) is 21.5 Å². The van der Waals surface area contributed by atoms with E-state index < -0.39 is 17.9 Å². The Balaban J connectivity index is 2.26. The number of nitrogens with zero attached hydrogens (tertiary/aromatic N) is 1. The second kappa shape index (κ2) is 5.09. The molecular formula is C13H12FNO4. The van der Waals surface area contributed by atoms with Crippen LogP contribution in [-0.2, 0) is 17.8 Å². The number of benzene rings is 1. The zero-order chi connectivity index (χ0) is 14.0. The van der Waals surface area contributed by atoms with E-state index in [9.17, 15) is 14.0 Å². The Morgan fingerprint density at radius 1 is 1.42 bits per heavy atom. The van der Waals surface area contributed by atoms with E-state index in [0.29, 0.717) is 5.56 Å². The van der Waals surface area contributed by atoms with Gasteiger partial charge in [0.2, 0.25) is 0 Å². The molecule has 1 aromatic carbocycles. The van der Waals surface area contributed by atoms with Crippen LogP contribution in [0.2, 0.25) is 0 Å². The number of ether oxygens (including phenoxy) is 1. The number of carbonyl (C=O) groups excluding carboxylic acids is 1. The van der Waals surface area contributed by atoms with E-state index in [2.05, 4.69) is 6.58 Å². The van der Waals surface area contributed by atoms with Crippen LogP contribution >= 0.6 is 0 Å². The first-order valence-corrected chi connectivity index (χ1v) is 5.60. The summed E-state index contributed by atoms with van der Waals surface area (Å²) in [5.74, 6) is -1.66. The van der Waals surface area contributed by atoms with Crippen molar-refractivity contribution in [3.05, 3.63) is 47.3 Å². The maximum Gasteiger partial charge on any atom is 0.410 e. The monoisotopic (exact) mass is 265 g/mol. The van der Waals surface area contributed by atoms with Crippen LogP contribution in [0.4, 0.5) is 9.18 Å². The number of rotatable bonds is 3. The lowest BCUT2D eigenvalue weighted by atomic mass is 10.0. The summed E-state index contributed by atoms with van der Waals surface area (Å²) in [5.41, 5.74) is 0.564. The number of aromatic carboxylic acids is 1. The largest absolute Gasteiger partial charge is 0.478 e. The predicted octanol–water partition coefficient (Wildman–Crippen LogP) is 2.16. The number of halogens is 1. The van der Waals surface area contributed by atoms with Gasteiger partial charge in [0.15, 0.2) is 0 Å². The highest BCUT2D eigenvalue weighted by Gasteiger charge is 2.30. The molecule has 5 nitrogen and oxygen atoms in total. The van der Waals surface area contributed by atoms with E-state index in [0.717, 1.165) is 6.07 Å². The van der Waals surface area contributed by atoms with Crippen LogP contribution < -0.4 is 0 Å². The molecule has 1 N–H and O–H groups in total. The number of hydrogen-bond donors (Lipinski definition) is 1. The Bertz CT molecular complexity index is 556. The molecule has 2 rings (SSSR count). The highest BCUT2D eigenvalue weighted by Crippen LogP contribution is 2.28. The molecule has 0 radical (unpaired) electrons. The van der Waals surface area contributed by atoms with Crippen molar-refractivity contribution in [3.63, 3.8) is 0 Å². The van der Waals surface area contributed by atoms with Crippen LogP contribution in [0.25, 0.3) is 0 Å². The van der Waals surface area contributed by atoms with Crippen molar-refractivity contribution in [1.82, 2.24) is 4.90 Å². The van der Waals surface area contributed by atoms with Crippen LogP contribution in [0, 0.1) is 5.82 Å². The summed E-state index contributed by atoms with van der Waals surface area (Å²) in [7, 11) is 0. The summed E-state index contributed by atoms with van der Waals surface area (Å²) >= 11 is 0. The minimum atomic E-state index is -1.14. The summed E-state index contributed by atoms with van der Waals surface area (Å²) in [6, 6.07) is 2.30. The van der Waals surface area contributed by atoms with Gasteiger partial charge >= 0.3 is 12.1 Å². The third-order valence-electron chi connectivity index (χ3n) is 2.89. The normalized spacial score (nSPS) is 13.0. The fourth-order valence-corrected chi connectivity index (χ4v) is 2.00. The molecule has 1 amide bonds. The Kier molecular flexibility index (Phi) is 3.50. The minimum absolute atomic E-state index is 0.00965. The molecule has 0 bridgehead atoms. The van der Waals surface area contributed by atoms with Gasteiger partial charge in [-0.2, -0.15) is 0 Å². The van der Waals surface area contributed by atoms with Crippen molar-refractivity contribution in [2.45, 2.75) is 13.1 Å². The molecule has 0 fully saturated rings. The van der Waals surface area contributed by atoms with Gasteiger partial charge in [-0.3, -0.25) is 4.90 Å². The van der Waals surface area contributed by atoms with E-state index in [-0.39, 0.29) is 30.8 Å². The third-order valence-corrected chi connectivity index (χ3v) is 2.89. The zero-order valence-electron chi connectivity index (χ0n) is 10.1. The predicted molar refractivity (Wildman–Crippen MR) is 64.2 cm³/mol. The van der Waals surface area contributed by atoms with Crippen LogP contribution in [0.15, 0.2) is 24.8 Å². The van der Waals surface area contributed by atoms with Gasteiger partial charge in [0.25, 0.3) is 0 Å². The Hall–Kier alpha value is -2.37. The summed E-state index contributed by atoms with van der Waals surface area (Å²) < 4.78 is 18.5. The second-order valence-electron chi connectivity index (χ2n) is 4.08. The highest BCUT2D eigenvalue weighted by atomic mass is 19.1. The summed E-state index contributed by atoms with van der Waals surface area (Å²) in [4.78, 5) is 24.0. The molecule has 0 saturated heterocycles. The first-order valence-electron chi connectivity index (χ1n) is 5.60. The molecule has 100 valence electrons. The molecule has 0 atom stereocenters. The maximum absolute atomic E-state index is 13.6. The van der Waals surface area contributed by atoms with E-state index >= 15 is 0 Å². The average molecular weight is 265 g/mol. The fourth-order valence-electron chi connectivity index (χ4n) is 2.00. The van der Waals surface area contributed by atoms with Gasteiger partial charge in [-0.15, -0.1) is 0 Å². The number of fused-ring (bicyclic) bond motifs is 1. The maximum atomic E-state index is 13.6. The SMILES string of the molecule is C=CCOC(=O)N1Cc2c(F)ccc(C(=O)O)c2C1. The molecule has 1 heterocycles. The van der Waals surface area contributed by atoms with Crippen molar-refractivity contribution in [1.29, 1.82) is 0 Å². The van der Waals surface area contributed by atoms with E-state index in [4.69, 9.17) is 9.84 Å². The Morgan fingerprint density at radius 2 is 2.11 bits per heavy atom. The number of hydrogen-bond acceptors (Lipinski definition) is 3. The molecule has 1 aromatic rings. The number of carbonyl (C=O) groups is 2. The van der Waals surface area contributed by atoms with Crippen molar-refractivity contribution < 1.29 is 23.8 Å². The fraction of sp³-hybridized carbons (Fsp3) is 0.231. The minimum Gasteiger partial charge on any atom is -0.478 e. The van der Waals surface area contributed by atoms with Gasteiger partial charge in [0.1, 0.15) is 12.4 Å². The second-order valence-corrected chi connectivity index (χ2v) is 4.08. The Morgan fingerprint density at radius 3 is 2.74 bits per heavy atom. The van der Waals surface area contributed by atoms with Crippen molar-refractivity contribution in [2.75, 3.05) is 6.61 Å². The number of carboxylic acids is 1. The average Bonchev–Trinajstić information content (AvgIpc) is 2.81. The lowest BCUT2D eigenvalue weighted by Crippen LogP contribution is -2.26. The smallest absolute Gasteiger partial charge is 0.410 e. The lowest BCUT2D eigenvalue weighted by molar-refractivity contribution is 0.0694. The third kappa shape index (κ3) is 2.42. The summed E-state index contributed by atoms with van der Waals surface area (Å²) in [5, 5.41) is 9.04. The van der Waals surface area contributed by atoms with Crippen LogP contribution in [0.5, 0.6) is 0 Å². The van der Waals surface area contributed by atoms with Crippen LogP contribution in [-0.4, -0.2) is 28.7 Å². The molecule has 0 aromatic heterocycles. The molecule has 6 heteroatoms. The molecule has 0 unspecified atom stereocenters. The van der Waals surface area contributed by atoms with E-state index in [1.54, 1.807) is 0 Å². The van der Waals surface area contributed by atoms with Gasteiger partial charge in [-0.25, -0.2) is 14.0 Å². The van der Waals surface area contributed by atoms with E-state index in [1.165, 1.54) is 17.0 Å². The first-order chi connectivity index (χ1) is 9.04. The zero-order valence-corrected chi connectivity index (χ0v) is 10.1. The topological polar surface area (TPSA) is 66.8 Å². The van der Waals surface area contributed by atoms with Gasteiger partial charge in [-0.05, 0) is 17.7 Å². The summed E-state index contributed by atoms with van der Waals surface area (Å²) in [6.45, 7) is 3.52. The van der Waals surface area contributed by atoms with Crippen LogP contribution in [0.3, 0.4) is 0 Å². The number of amides is 1. The van der Waals surface area contributed by atoms with Gasteiger partial charge < -0.3 is 9.84 Å². The molecule has 1 aliphatic rings. The molecular weight excluding hydrogens is 253 g/mol. The molecule has 0 saturated carbocycles. The molecule has 0 aliphatic carbocycles. The van der Waals surface area contributed by atoms with E-state index in [1.807, 2.05) is 0 Å². The van der Waals surface area contributed by atoms with Gasteiger partial charge in [0, 0.05) is 5.56 Å². The molecule has 19 heavy (non-hydrogen) atoms. The quantitative estimate of drug-likeness (QED) is 0.850. The standard InChI is InChI=1S/C13H12FNO4/c1-2-5-19-13(18)15-6-9-8(12(16)17)3-4-11(14)10(9)7-15/h2-4H,1,5-7H2,(H,16,17). The Labute approximate surface area is 108 Å².